The summed E-state index contributed by atoms with van der Waals surface area (Å²) in [5.41, 5.74) is 0. The fourth-order valence-electron chi connectivity index (χ4n) is 5.59. The van der Waals surface area contributed by atoms with Crippen molar-refractivity contribution in [2.75, 3.05) is 0 Å². The maximum Gasteiger partial charge on any atom is 0.309 e. The van der Waals surface area contributed by atoms with Gasteiger partial charge in [0.05, 0.1) is 17.8 Å². The first kappa shape index (κ1) is 24.0. The Labute approximate surface area is 197 Å². The summed E-state index contributed by atoms with van der Waals surface area (Å²) in [7, 11) is 0. The first-order valence-corrected chi connectivity index (χ1v) is 13.0. The predicted molar refractivity (Wildman–Crippen MR) is 123 cm³/mol. The molecule has 0 aromatic carbocycles. The Bertz CT molecular complexity index is 704. The van der Waals surface area contributed by atoms with Crippen LogP contribution in [0.4, 0.5) is 0 Å². The third-order valence-electron chi connectivity index (χ3n) is 7.57. The van der Waals surface area contributed by atoms with Crippen molar-refractivity contribution in [1.82, 2.24) is 0 Å². The lowest BCUT2D eigenvalue weighted by atomic mass is 9.88. The highest BCUT2D eigenvalue weighted by Gasteiger charge is 2.38. The quantitative estimate of drug-likeness (QED) is 0.309. The molecule has 4 rings (SSSR count). The molecule has 4 unspecified atom stereocenters. The Morgan fingerprint density at radius 2 is 0.939 bits per heavy atom. The van der Waals surface area contributed by atoms with Gasteiger partial charge in [0.1, 0.15) is 18.3 Å². The molecule has 33 heavy (non-hydrogen) atoms. The Hall–Kier alpha value is -2.11. The zero-order valence-corrected chi connectivity index (χ0v) is 19.6. The van der Waals surface area contributed by atoms with Gasteiger partial charge in [0.25, 0.3) is 0 Å². The van der Waals surface area contributed by atoms with Crippen LogP contribution in [0, 0.1) is 17.8 Å². The molecule has 182 valence electrons. The topological polar surface area (TPSA) is 78.9 Å². The summed E-state index contributed by atoms with van der Waals surface area (Å²) in [6.07, 6.45) is 18.4. The van der Waals surface area contributed by atoms with Crippen LogP contribution in [0.5, 0.6) is 0 Å². The van der Waals surface area contributed by atoms with Gasteiger partial charge in [-0.2, -0.15) is 0 Å². The van der Waals surface area contributed by atoms with E-state index in [9.17, 15) is 14.4 Å². The van der Waals surface area contributed by atoms with Crippen LogP contribution in [0.15, 0.2) is 24.3 Å². The largest absolute Gasteiger partial charge is 0.462 e. The van der Waals surface area contributed by atoms with Gasteiger partial charge in [0.2, 0.25) is 0 Å². The Morgan fingerprint density at radius 3 is 1.33 bits per heavy atom. The highest BCUT2D eigenvalue weighted by molar-refractivity contribution is 5.74. The van der Waals surface area contributed by atoms with Crippen molar-refractivity contribution in [2.24, 2.45) is 17.8 Å². The minimum atomic E-state index is -0.398. The second-order valence-corrected chi connectivity index (χ2v) is 10.2. The first-order valence-electron chi connectivity index (χ1n) is 13.0. The molecule has 4 aliphatic carbocycles. The number of hydrogen-bond acceptors (Lipinski definition) is 6. The summed E-state index contributed by atoms with van der Waals surface area (Å²) in [4.78, 5) is 38.2. The van der Waals surface area contributed by atoms with Gasteiger partial charge in [0, 0.05) is 19.3 Å². The summed E-state index contributed by atoms with van der Waals surface area (Å²) < 4.78 is 17.7. The van der Waals surface area contributed by atoms with Gasteiger partial charge in [-0.3, -0.25) is 14.4 Å². The van der Waals surface area contributed by atoms with Crippen molar-refractivity contribution in [3.8, 4) is 0 Å². The number of allylic oxidation sites excluding steroid dienone is 4. The summed E-state index contributed by atoms with van der Waals surface area (Å²) in [5, 5.41) is 0. The van der Waals surface area contributed by atoms with E-state index in [0.29, 0.717) is 32.1 Å². The molecular formula is C27H38O6. The minimum absolute atomic E-state index is 0.0364. The van der Waals surface area contributed by atoms with E-state index in [4.69, 9.17) is 14.2 Å². The molecular weight excluding hydrogens is 420 g/mol. The summed E-state index contributed by atoms with van der Waals surface area (Å²) >= 11 is 0. The van der Waals surface area contributed by atoms with E-state index in [1.54, 1.807) is 0 Å². The van der Waals surface area contributed by atoms with Gasteiger partial charge in [-0.15, -0.1) is 0 Å². The Kier molecular flexibility index (Phi) is 8.63. The fraction of sp³-hybridized carbons (Fsp3) is 0.741. The molecule has 6 heteroatoms. The lowest BCUT2D eigenvalue weighted by molar-refractivity contribution is -0.175. The van der Waals surface area contributed by atoms with Crippen LogP contribution in [0.25, 0.3) is 0 Å². The molecule has 0 aromatic rings. The van der Waals surface area contributed by atoms with Crippen molar-refractivity contribution < 1.29 is 28.6 Å². The highest BCUT2D eigenvalue weighted by atomic mass is 16.6. The number of ether oxygens (including phenoxy) is 3. The van der Waals surface area contributed by atoms with Gasteiger partial charge in [0.15, 0.2) is 0 Å². The lowest BCUT2D eigenvalue weighted by Gasteiger charge is -2.36. The van der Waals surface area contributed by atoms with Gasteiger partial charge < -0.3 is 14.2 Å². The lowest BCUT2D eigenvalue weighted by Crippen LogP contribution is -2.42. The molecule has 0 aromatic heterocycles. The van der Waals surface area contributed by atoms with Gasteiger partial charge in [-0.25, -0.2) is 0 Å². The third kappa shape index (κ3) is 6.94. The normalized spacial score (nSPS) is 32.7. The summed E-state index contributed by atoms with van der Waals surface area (Å²) in [5.74, 6) is -0.792. The molecule has 0 N–H and O–H groups in total. The summed E-state index contributed by atoms with van der Waals surface area (Å²) in [6.45, 7) is 0. The number of carbonyl (C=O) groups excluding carboxylic acids is 3. The van der Waals surface area contributed by atoms with E-state index in [1.807, 2.05) is 12.2 Å². The fourth-order valence-corrected chi connectivity index (χ4v) is 5.59. The van der Waals surface area contributed by atoms with Crippen molar-refractivity contribution in [1.29, 1.82) is 0 Å². The average molecular weight is 459 g/mol. The SMILES string of the molecule is O=C(OC1CC(OC(=O)C2CC=CCC2)CC(OC(=O)C2CCCCC2)C1)C1CC=CCC1. The molecule has 0 heterocycles. The number of rotatable bonds is 6. The second-order valence-electron chi connectivity index (χ2n) is 10.2. The van der Waals surface area contributed by atoms with E-state index in [-0.39, 0.29) is 41.8 Å². The van der Waals surface area contributed by atoms with Crippen LogP contribution >= 0.6 is 0 Å². The van der Waals surface area contributed by atoms with Crippen LogP contribution in [0.2, 0.25) is 0 Å². The molecule has 0 bridgehead atoms. The summed E-state index contributed by atoms with van der Waals surface area (Å²) in [6, 6.07) is 0. The zero-order valence-electron chi connectivity index (χ0n) is 19.6. The molecule has 4 atom stereocenters. The van der Waals surface area contributed by atoms with Crippen molar-refractivity contribution in [3.63, 3.8) is 0 Å². The van der Waals surface area contributed by atoms with Gasteiger partial charge >= 0.3 is 17.9 Å². The molecule has 0 amide bonds. The van der Waals surface area contributed by atoms with Crippen LogP contribution < -0.4 is 0 Å². The number of carbonyl (C=O) groups is 3. The van der Waals surface area contributed by atoms with E-state index in [1.165, 1.54) is 6.42 Å². The molecule has 2 fully saturated rings. The molecule has 0 radical (unpaired) electrons. The average Bonchev–Trinajstić information content (AvgIpc) is 2.85. The van der Waals surface area contributed by atoms with E-state index in [2.05, 4.69) is 12.2 Å². The molecule has 0 spiro atoms. The first-order chi connectivity index (χ1) is 16.1. The zero-order chi connectivity index (χ0) is 23.0. The minimum Gasteiger partial charge on any atom is -0.462 e. The molecule has 2 saturated carbocycles. The van der Waals surface area contributed by atoms with Gasteiger partial charge in [-0.05, 0) is 51.4 Å². The van der Waals surface area contributed by atoms with E-state index in [0.717, 1.165) is 51.4 Å². The maximum atomic E-state index is 12.8. The maximum absolute atomic E-state index is 12.8. The molecule has 6 nitrogen and oxygen atoms in total. The smallest absolute Gasteiger partial charge is 0.309 e. The Balaban J connectivity index is 1.37. The van der Waals surface area contributed by atoms with Crippen molar-refractivity contribution in [3.05, 3.63) is 24.3 Å². The predicted octanol–water partition coefficient (Wildman–Crippen LogP) is 5.20. The monoisotopic (exact) mass is 458 g/mol. The van der Waals surface area contributed by atoms with Crippen LogP contribution in [0.3, 0.4) is 0 Å². The number of esters is 3. The Morgan fingerprint density at radius 1 is 0.515 bits per heavy atom. The second kappa shape index (κ2) is 11.8. The van der Waals surface area contributed by atoms with Crippen molar-refractivity contribution in [2.45, 2.75) is 108 Å². The van der Waals surface area contributed by atoms with E-state index < -0.39 is 12.2 Å². The van der Waals surface area contributed by atoms with Crippen LogP contribution in [0.1, 0.15) is 89.9 Å². The third-order valence-corrected chi connectivity index (χ3v) is 7.57. The standard InChI is InChI=1S/C27H38O6/c28-25(19-10-4-1-5-11-19)31-22-16-23(32-26(29)20-12-6-2-7-13-20)18-24(17-22)33-27(30)21-14-8-3-9-15-21/h1-2,4,6,19-24H,3,5,7-18H2. The molecule has 4 aliphatic rings. The molecule has 0 saturated heterocycles. The molecule has 0 aliphatic heterocycles. The highest BCUT2D eigenvalue weighted by Crippen LogP contribution is 2.32. The van der Waals surface area contributed by atoms with Crippen LogP contribution in [-0.4, -0.2) is 36.2 Å². The van der Waals surface area contributed by atoms with Crippen molar-refractivity contribution >= 4 is 17.9 Å². The van der Waals surface area contributed by atoms with Gasteiger partial charge in [-0.1, -0.05) is 43.6 Å². The van der Waals surface area contributed by atoms with E-state index >= 15 is 0 Å². The number of hydrogen-bond donors (Lipinski definition) is 0. The van der Waals surface area contributed by atoms with Crippen LogP contribution in [-0.2, 0) is 28.6 Å².